The number of hydrogen-bond donors (Lipinski definition) is 3. The minimum Gasteiger partial charge on any atom is -0.427 e. The van der Waals surface area contributed by atoms with E-state index in [1.807, 2.05) is 32.2 Å². The Morgan fingerprint density at radius 3 is 2.42 bits per heavy atom. The number of aryl methyl sites for hydroxylation is 1. The number of rotatable bonds is 7. The molecule has 7 nitrogen and oxygen atoms in total. The number of anilines is 4. The van der Waals surface area contributed by atoms with E-state index in [1.54, 1.807) is 19.3 Å². The second-order valence-electron chi connectivity index (χ2n) is 6.44. The normalized spacial score (nSPS) is 10.0. The molecule has 1 aromatic heterocycles. The summed E-state index contributed by atoms with van der Waals surface area (Å²) in [5, 5.41) is 8.63. The molecule has 0 aliphatic carbocycles. The van der Waals surface area contributed by atoms with Crippen LogP contribution >= 0.6 is 0 Å². The van der Waals surface area contributed by atoms with Crippen molar-refractivity contribution in [3.05, 3.63) is 78.5 Å². The first-order chi connectivity index (χ1) is 15.9. The average Bonchev–Trinajstić information content (AvgIpc) is 3.27. The van der Waals surface area contributed by atoms with Gasteiger partial charge in [-0.05, 0) is 55.6 Å². The Morgan fingerprint density at radius 1 is 1.24 bits per heavy atom. The first-order valence-electron chi connectivity index (χ1n) is 9.82. The van der Waals surface area contributed by atoms with Gasteiger partial charge in [-0.25, -0.2) is 9.37 Å². The van der Waals surface area contributed by atoms with E-state index in [0.29, 0.717) is 23.9 Å². The van der Waals surface area contributed by atoms with Crippen molar-refractivity contribution in [1.82, 2.24) is 4.98 Å². The summed E-state index contributed by atoms with van der Waals surface area (Å²) in [4.78, 5) is 17.3. The van der Waals surface area contributed by atoms with Gasteiger partial charge in [0.15, 0.2) is 0 Å². The highest BCUT2D eigenvalue weighted by molar-refractivity contribution is 5.70. The van der Waals surface area contributed by atoms with E-state index in [0.717, 1.165) is 16.9 Å². The smallest absolute Gasteiger partial charge is 0.299 e. The minimum atomic E-state index is -0.309. The van der Waals surface area contributed by atoms with Gasteiger partial charge >= 0.3 is 0 Å². The lowest BCUT2D eigenvalue weighted by Crippen LogP contribution is -1.95. The van der Waals surface area contributed by atoms with Crippen molar-refractivity contribution < 1.29 is 13.6 Å². The molecule has 1 unspecified atom stereocenters. The van der Waals surface area contributed by atoms with Gasteiger partial charge in [-0.3, -0.25) is 4.79 Å². The molecule has 0 radical (unpaired) electrons. The Labute approximate surface area is 193 Å². The third-order valence-corrected chi connectivity index (χ3v) is 4.08. The molecule has 3 aromatic rings. The van der Waals surface area contributed by atoms with Crippen LogP contribution in [0.25, 0.3) is 0 Å². The quantitative estimate of drug-likeness (QED) is 0.195. The predicted molar refractivity (Wildman–Crippen MR) is 134 cm³/mol. The summed E-state index contributed by atoms with van der Waals surface area (Å²) in [6, 6.07) is 12.0. The van der Waals surface area contributed by atoms with Gasteiger partial charge < -0.3 is 25.4 Å². The number of allylic oxidation sites excluding steroid dienone is 1. The molecule has 0 spiro atoms. The highest BCUT2D eigenvalue weighted by Crippen LogP contribution is 2.26. The number of terminal acetylenes is 1. The van der Waals surface area contributed by atoms with Crippen LogP contribution in [0.3, 0.4) is 0 Å². The van der Waals surface area contributed by atoms with Crippen molar-refractivity contribution in [3.63, 3.8) is 0 Å². The van der Waals surface area contributed by atoms with Crippen LogP contribution in [0, 0.1) is 25.1 Å². The Kier molecular flexibility index (Phi) is 11.8. The SMILES string of the molecule is C#CC(C=C)c1cnc(Nc2cc(NC)ccc2C)o1.C=NC.O=CNc1ccc(F)cc1. The number of carbonyl (C=O) groups excluding carboxylic acids is 1. The number of aliphatic imine (C=N–C) groups is 1. The fourth-order valence-corrected chi connectivity index (χ4v) is 2.40. The predicted octanol–water partition coefficient (Wildman–Crippen LogP) is 5.38. The summed E-state index contributed by atoms with van der Waals surface area (Å²) in [6.45, 7) is 8.80. The molecular weight excluding hydrogens is 421 g/mol. The zero-order valence-corrected chi connectivity index (χ0v) is 18.9. The fourth-order valence-electron chi connectivity index (χ4n) is 2.40. The van der Waals surface area contributed by atoms with Crippen molar-refractivity contribution in [2.24, 2.45) is 4.99 Å². The van der Waals surface area contributed by atoms with Crippen LogP contribution in [-0.2, 0) is 4.79 Å². The topological polar surface area (TPSA) is 91.6 Å². The van der Waals surface area contributed by atoms with Crippen LogP contribution in [0.2, 0.25) is 0 Å². The van der Waals surface area contributed by atoms with Crippen molar-refractivity contribution in [2.75, 3.05) is 30.0 Å². The van der Waals surface area contributed by atoms with Gasteiger partial charge in [0.25, 0.3) is 6.01 Å². The standard InChI is InChI=1S/C16H17N3O.C7H6FNO.C2H5N/c1-5-12(6-2)15-10-18-16(20-15)19-14-9-13(17-4)8-7-11(14)3;8-6-1-3-7(4-2-6)9-5-10;1-3-2/h1,6-10,12,17H,2H2,3-4H3,(H,18,19);1-5H,(H,9,10);1H2,2H3. The van der Waals surface area contributed by atoms with Crippen molar-refractivity contribution in [2.45, 2.75) is 12.8 Å². The van der Waals surface area contributed by atoms with Crippen molar-refractivity contribution in [3.8, 4) is 12.3 Å². The van der Waals surface area contributed by atoms with Gasteiger partial charge in [0, 0.05) is 31.2 Å². The van der Waals surface area contributed by atoms with Crippen LogP contribution in [0.15, 0.2) is 70.7 Å². The second kappa shape index (κ2) is 14.6. The first-order valence-corrected chi connectivity index (χ1v) is 9.82. The lowest BCUT2D eigenvalue weighted by Gasteiger charge is -2.08. The largest absolute Gasteiger partial charge is 0.427 e. The highest BCUT2D eigenvalue weighted by Gasteiger charge is 2.11. The van der Waals surface area contributed by atoms with Gasteiger partial charge in [-0.1, -0.05) is 18.1 Å². The zero-order chi connectivity index (χ0) is 24.6. The summed E-state index contributed by atoms with van der Waals surface area (Å²) in [5.41, 5.74) is 3.64. The molecule has 0 fully saturated rings. The zero-order valence-electron chi connectivity index (χ0n) is 18.9. The van der Waals surface area contributed by atoms with E-state index in [9.17, 15) is 9.18 Å². The number of halogens is 1. The molecule has 8 heteroatoms. The number of hydrogen-bond acceptors (Lipinski definition) is 6. The van der Waals surface area contributed by atoms with Gasteiger partial charge in [-0.15, -0.1) is 13.0 Å². The molecule has 33 heavy (non-hydrogen) atoms. The second-order valence-corrected chi connectivity index (χ2v) is 6.44. The summed E-state index contributed by atoms with van der Waals surface area (Å²) in [7, 11) is 3.51. The summed E-state index contributed by atoms with van der Waals surface area (Å²) in [5.74, 6) is 2.62. The number of oxazole rings is 1. The van der Waals surface area contributed by atoms with E-state index in [4.69, 9.17) is 10.8 Å². The van der Waals surface area contributed by atoms with Crippen LogP contribution in [0.4, 0.5) is 27.5 Å². The Bertz CT molecular complexity index is 1070. The summed E-state index contributed by atoms with van der Waals surface area (Å²) >= 11 is 0. The lowest BCUT2D eigenvalue weighted by atomic mass is 10.1. The Hall–Kier alpha value is -4.38. The molecule has 0 aliphatic rings. The molecule has 3 N–H and O–H groups in total. The molecule has 1 atom stereocenters. The maximum Gasteiger partial charge on any atom is 0.299 e. The number of amides is 1. The number of nitrogens with zero attached hydrogens (tertiary/aromatic N) is 2. The van der Waals surface area contributed by atoms with E-state index < -0.39 is 0 Å². The maximum atomic E-state index is 12.2. The molecule has 0 saturated heterocycles. The highest BCUT2D eigenvalue weighted by atomic mass is 19.1. The molecule has 0 bridgehead atoms. The Morgan fingerprint density at radius 2 is 1.88 bits per heavy atom. The number of benzene rings is 2. The lowest BCUT2D eigenvalue weighted by molar-refractivity contribution is -0.105. The van der Waals surface area contributed by atoms with Crippen LogP contribution in [0.5, 0.6) is 0 Å². The van der Waals surface area contributed by atoms with Gasteiger partial charge in [0.05, 0.1) is 12.1 Å². The molecule has 0 saturated carbocycles. The van der Waals surface area contributed by atoms with Crippen molar-refractivity contribution >= 4 is 36.2 Å². The molecule has 172 valence electrons. The molecule has 3 rings (SSSR count). The van der Waals surface area contributed by atoms with Gasteiger partial charge in [0.1, 0.15) is 11.6 Å². The van der Waals surface area contributed by atoms with Crippen LogP contribution in [0.1, 0.15) is 17.2 Å². The number of carbonyl (C=O) groups is 1. The van der Waals surface area contributed by atoms with E-state index in [1.165, 1.54) is 24.3 Å². The maximum absolute atomic E-state index is 12.2. The first kappa shape index (κ1) is 26.7. The van der Waals surface area contributed by atoms with Crippen LogP contribution in [-0.4, -0.2) is 32.2 Å². The van der Waals surface area contributed by atoms with E-state index in [2.05, 4.69) is 45.1 Å². The minimum absolute atomic E-state index is 0.261. The molecule has 1 amide bonds. The monoisotopic (exact) mass is 449 g/mol. The summed E-state index contributed by atoms with van der Waals surface area (Å²) in [6.07, 6.45) is 9.22. The third kappa shape index (κ3) is 9.11. The molecule has 0 aliphatic heterocycles. The van der Waals surface area contributed by atoms with Gasteiger partial charge in [0.2, 0.25) is 6.41 Å². The third-order valence-electron chi connectivity index (χ3n) is 4.08. The van der Waals surface area contributed by atoms with E-state index >= 15 is 0 Å². The Balaban J connectivity index is 0.000000349. The molecule has 2 aromatic carbocycles. The van der Waals surface area contributed by atoms with Gasteiger partial charge in [-0.2, -0.15) is 0 Å². The van der Waals surface area contributed by atoms with Crippen LogP contribution < -0.4 is 16.0 Å². The summed E-state index contributed by atoms with van der Waals surface area (Å²) < 4.78 is 17.8. The number of nitrogens with one attached hydrogen (secondary N) is 3. The fraction of sp³-hybridized carbons (Fsp3) is 0.160. The van der Waals surface area contributed by atoms with Crippen molar-refractivity contribution in [1.29, 1.82) is 0 Å². The average molecular weight is 450 g/mol. The van der Waals surface area contributed by atoms with E-state index in [-0.39, 0.29) is 11.7 Å². The molecule has 1 heterocycles. The number of aromatic nitrogens is 1. The molecular formula is C25H28FN5O2.